The first-order chi connectivity index (χ1) is 7.96. The molecule has 1 saturated heterocycles. The van der Waals surface area contributed by atoms with E-state index in [-0.39, 0.29) is 35.9 Å². The molecule has 100 valence electrons. The minimum Gasteiger partial charge on any atom is -0.355 e. The van der Waals surface area contributed by atoms with Gasteiger partial charge in [-0.15, -0.1) is 0 Å². The molecule has 1 fully saturated rings. The van der Waals surface area contributed by atoms with Gasteiger partial charge in [0, 0.05) is 18.3 Å². The molecule has 0 aromatic heterocycles. The topological polar surface area (TPSA) is 75.3 Å². The number of piperidine rings is 1. The third kappa shape index (κ3) is 4.63. The Hall–Kier alpha value is -0.620. The van der Waals surface area contributed by atoms with Crippen LogP contribution < -0.4 is 10.6 Å². The van der Waals surface area contributed by atoms with E-state index in [4.69, 9.17) is 0 Å². The number of amides is 1. The lowest BCUT2D eigenvalue weighted by Gasteiger charge is -2.28. The number of nitrogens with one attached hydrogen (secondary N) is 2. The number of carbonyl (C=O) groups excluding carboxylic acids is 1. The zero-order valence-electron chi connectivity index (χ0n) is 10.5. The SMILES string of the molecule is CCS(=O)(=O)CCNC(=O)C1CCCNC1C. The molecule has 1 aliphatic rings. The molecule has 1 aliphatic heterocycles. The summed E-state index contributed by atoms with van der Waals surface area (Å²) in [5, 5.41) is 5.97. The summed E-state index contributed by atoms with van der Waals surface area (Å²) in [5.41, 5.74) is 0. The Balaban J connectivity index is 2.34. The molecule has 1 heterocycles. The zero-order valence-corrected chi connectivity index (χ0v) is 11.3. The van der Waals surface area contributed by atoms with Crippen molar-refractivity contribution >= 4 is 15.7 Å². The van der Waals surface area contributed by atoms with E-state index < -0.39 is 9.84 Å². The fraction of sp³-hybridized carbons (Fsp3) is 0.909. The van der Waals surface area contributed by atoms with E-state index in [1.807, 2.05) is 6.92 Å². The Morgan fingerprint density at radius 2 is 2.18 bits per heavy atom. The molecule has 2 atom stereocenters. The highest BCUT2D eigenvalue weighted by atomic mass is 32.2. The van der Waals surface area contributed by atoms with Gasteiger partial charge >= 0.3 is 0 Å². The van der Waals surface area contributed by atoms with Crippen LogP contribution in [0.2, 0.25) is 0 Å². The largest absolute Gasteiger partial charge is 0.355 e. The summed E-state index contributed by atoms with van der Waals surface area (Å²) < 4.78 is 22.5. The van der Waals surface area contributed by atoms with Gasteiger partial charge in [-0.3, -0.25) is 4.79 Å². The van der Waals surface area contributed by atoms with Gasteiger partial charge in [0.25, 0.3) is 0 Å². The van der Waals surface area contributed by atoms with Crippen molar-refractivity contribution in [3.8, 4) is 0 Å². The van der Waals surface area contributed by atoms with Crippen molar-refractivity contribution < 1.29 is 13.2 Å². The predicted molar refractivity (Wildman–Crippen MR) is 67.5 cm³/mol. The van der Waals surface area contributed by atoms with Crippen LogP contribution in [-0.4, -0.2) is 45.0 Å². The Morgan fingerprint density at radius 3 is 2.76 bits per heavy atom. The van der Waals surface area contributed by atoms with Crippen molar-refractivity contribution in [2.24, 2.45) is 5.92 Å². The number of hydrogen-bond acceptors (Lipinski definition) is 4. The van der Waals surface area contributed by atoms with Crippen LogP contribution in [0.3, 0.4) is 0 Å². The maximum Gasteiger partial charge on any atom is 0.224 e. The molecule has 0 aromatic rings. The molecular weight excluding hydrogens is 240 g/mol. The summed E-state index contributed by atoms with van der Waals surface area (Å²) in [6.45, 7) is 4.78. The third-order valence-corrected chi connectivity index (χ3v) is 4.96. The second-order valence-corrected chi connectivity index (χ2v) is 6.99. The highest BCUT2D eigenvalue weighted by Gasteiger charge is 2.27. The molecule has 0 spiro atoms. The van der Waals surface area contributed by atoms with Gasteiger partial charge in [0.05, 0.1) is 11.7 Å². The average molecular weight is 262 g/mol. The van der Waals surface area contributed by atoms with Crippen LogP contribution in [-0.2, 0) is 14.6 Å². The van der Waals surface area contributed by atoms with E-state index in [9.17, 15) is 13.2 Å². The lowest BCUT2D eigenvalue weighted by molar-refractivity contribution is -0.126. The van der Waals surface area contributed by atoms with Gasteiger partial charge < -0.3 is 10.6 Å². The predicted octanol–water partition coefficient (Wildman–Crippen LogP) is -0.0746. The molecule has 0 aromatic carbocycles. The fourth-order valence-electron chi connectivity index (χ4n) is 2.01. The molecule has 0 radical (unpaired) electrons. The molecule has 1 rings (SSSR count). The first-order valence-electron chi connectivity index (χ1n) is 6.18. The van der Waals surface area contributed by atoms with Gasteiger partial charge in [0.15, 0.2) is 9.84 Å². The molecule has 0 bridgehead atoms. The molecule has 5 nitrogen and oxygen atoms in total. The first kappa shape index (κ1) is 14.4. The van der Waals surface area contributed by atoms with E-state index in [1.54, 1.807) is 6.92 Å². The van der Waals surface area contributed by atoms with Crippen molar-refractivity contribution in [3.63, 3.8) is 0 Å². The van der Waals surface area contributed by atoms with Gasteiger partial charge in [-0.2, -0.15) is 0 Å². The molecule has 2 N–H and O–H groups in total. The van der Waals surface area contributed by atoms with Gasteiger partial charge in [-0.1, -0.05) is 6.92 Å². The molecular formula is C11H22N2O3S. The Bertz CT molecular complexity index is 354. The van der Waals surface area contributed by atoms with Crippen LogP contribution in [0.5, 0.6) is 0 Å². The fourth-order valence-corrected chi connectivity index (χ4v) is 2.71. The number of rotatable bonds is 5. The van der Waals surface area contributed by atoms with Crippen LogP contribution in [0.15, 0.2) is 0 Å². The molecule has 0 aliphatic carbocycles. The summed E-state index contributed by atoms with van der Waals surface area (Å²) >= 11 is 0. The summed E-state index contributed by atoms with van der Waals surface area (Å²) in [7, 11) is -2.99. The smallest absolute Gasteiger partial charge is 0.224 e. The van der Waals surface area contributed by atoms with Crippen LogP contribution in [0, 0.1) is 5.92 Å². The second-order valence-electron chi connectivity index (χ2n) is 4.52. The van der Waals surface area contributed by atoms with Crippen LogP contribution >= 0.6 is 0 Å². The van der Waals surface area contributed by atoms with E-state index in [2.05, 4.69) is 10.6 Å². The second kappa shape index (κ2) is 6.35. The van der Waals surface area contributed by atoms with Crippen molar-refractivity contribution in [1.82, 2.24) is 10.6 Å². The summed E-state index contributed by atoms with van der Waals surface area (Å²) in [6, 6.07) is 0.173. The highest BCUT2D eigenvalue weighted by molar-refractivity contribution is 7.91. The van der Waals surface area contributed by atoms with Crippen molar-refractivity contribution in [2.75, 3.05) is 24.6 Å². The Kier molecular flexibility index (Phi) is 5.39. The van der Waals surface area contributed by atoms with Crippen molar-refractivity contribution in [3.05, 3.63) is 0 Å². The maximum atomic E-state index is 11.8. The lowest BCUT2D eigenvalue weighted by atomic mass is 9.91. The molecule has 0 saturated carbocycles. The zero-order chi connectivity index (χ0) is 12.9. The highest BCUT2D eigenvalue weighted by Crippen LogP contribution is 2.15. The summed E-state index contributed by atoms with van der Waals surface area (Å²) in [6.07, 6.45) is 1.87. The van der Waals surface area contributed by atoms with Crippen molar-refractivity contribution in [1.29, 1.82) is 0 Å². The van der Waals surface area contributed by atoms with Crippen molar-refractivity contribution in [2.45, 2.75) is 32.7 Å². The number of carbonyl (C=O) groups is 1. The van der Waals surface area contributed by atoms with E-state index >= 15 is 0 Å². The average Bonchev–Trinajstić information content (AvgIpc) is 2.29. The molecule has 1 amide bonds. The monoisotopic (exact) mass is 262 g/mol. The van der Waals surface area contributed by atoms with Gasteiger partial charge in [-0.05, 0) is 26.3 Å². The maximum absolute atomic E-state index is 11.8. The van der Waals surface area contributed by atoms with E-state index in [0.29, 0.717) is 0 Å². The van der Waals surface area contributed by atoms with Crippen LogP contribution in [0.4, 0.5) is 0 Å². The third-order valence-electron chi connectivity index (χ3n) is 3.25. The quantitative estimate of drug-likeness (QED) is 0.727. The normalized spacial score (nSPS) is 25.5. The van der Waals surface area contributed by atoms with Gasteiger partial charge in [-0.25, -0.2) is 8.42 Å². The Labute approximate surface area is 103 Å². The Morgan fingerprint density at radius 1 is 1.47 bits per heavy atom. The number of hydrogen-bond donors (Lipinski definition) is 2. The van der Waals surface area contributed by atoms with E-state index in [1.165, 1.54) is 0 Å². The van der Waals surface area contributed by atoms with Crippen LogP contribution in [0.25, 0.3) is 0 Å². The standard InChI is InChI=1S/C11H22N2O3S/c1-3-17(15,16)8-7-13-11(14)10-5-4-6-12-9(10)2/h9-10,12H,3-8H2,1-2H3,(H,13,14). The lowest BCUT2D eigenvalue weighted by Crippen LogP contribution is -2.47. The minimum atomic E-state index is -2.99. The van der Waals surface area contributed by atoms with Crippen LogP contribution in [0.1, 0.15) is 26.7 Å². The molecule has 6 heteroatoms. The van der Waals surface area contributed by atoms with E-state index in [0.717, 1.165) is 19.4 Å². The first-order valence-corrected chi connectivity index (χ1v) is 8.00. The molecule has 2 unspecified atom stereocenters. The summed E-state index contributed by atoms with van der Waals surface area (Å²) in [4.78, 5) is 11.8. The van der Waals surface area contributed by atoms with Gasteiger partial charge in [0.2, 0.25) is 5.91 Å². The summed E-state index contributed by atoms with van der Waals surface area (Å²) in [5.74, 6) is 0.0951. The number of sulfone groups is 1. The van der Waals surface area contributed by atoms with Gasteiger partial charge in [0.1, 0.15) is 0 Å². The molecule has 17 heavy (non-hydrogen) atoms. The minimum absolute atomic E-state index is 0.0315.